The van der Waals surface area contributed by atoms with Crippen LogP contribution in [0.5, 0.6) is 0 Å². The Kier molecular flexibility index (Phi) is 7.70. The summed E-state index contributed by atoms with van der Waals surface area (Å²) in [4.78, 5) is 16.9. The van der Waals surface area contributed by atoms with Crippen molar-refractivity contribution in [2.75, 3.05) is 6.61 Å². The second-order valence-electron chi connectivity index (χ2n) is 8.85. The van der Waals surface area contributed by atoms with Crippen LogP contribution in [0.25, 0.3) is 16.8 Å². The Balaban J connectivity index is 2.12. The Bertz CT molecular complexity index is 1100. The molecule has 3 aromatic rings. The zero-order chi connectivity index (χ0) is 23.4. The van der Waals surface area contributed by atoms with Gasteiger partial charge in [-0.3, -0.25) is 4.79 Å². The minimum atomic E-state index is -0.128. The van der Waals surface area contributed by atoms with Crippen molar-refractivity contribution >= 4 is 11.6 Å². The number of nitrogens with zero attached hydrogens (tertiary/aromatic N) is 3. The van der Waals surface area contributed by atoms with Crippen molar-refractivity contribution in [1.82, 2.24) is 14.6 Å². The molecule has 0 aliphatic rings. The number of hydrogen-bond acceptors (Lipinski definition) is 4. The quantitative estimate of drug-likeness (QED) is 0.377. The van der Waals surface area contributed by atoms with Crippen LogP contribution < -0.4 is 0 Å². The van der Waals surface area contributed by atoms with Crippen LogP contribution in [0, 0.1) is 34.6 Å². The van der Waals surface area contributed by atoms with E-state index in [1.165, 1.54) is 33.5 Å². The molecule has 5 nitrogen and oxygen atoms in total. The summed E-state index contributed by atoms with van der Waals surface area (Å²) in [5.41, 5.74) is 11.6. The van der Waals surface area contributed by atoms with Crippen molar-refractivity contribution in [2.45, 2.75) is 87.0 Å². The van der Waals surface area contributed by atoms with Gasteiger partial charge in [-0.15, -0.1) is 0 Å². The van der Waals surface area contributed by atoms with Crippen molar-refractivity contribution in [2.24, 2.45) is 0 Å². The smallest absolute Gasteiger partial charge is 0.305 e. The number of ether oxygens (including phenoxy) is 1. The average molecular weight is 436 g/mol. The summed E-state index contributed by atoms with van der Waals surface area (Å²) in [6.45, 7) is 15.2. The molecule has 0 spiro atoms. The van der Waals surface area contributed by atoms with E-state index in [2.05, 4.69) is 58.2 Å². The van der Waals surface area contributed by atoms with Gasteiger partial charge in [-0.2, -0.15) is 5.10 Å². The Morgan fingerprint density at radius 2 is 1.62 bits per heavy atom. The maximum absolute atomic E-state index is 11.8. The number of unbranched alkanes of at least 4 members (excludes halogenated alkanes) is 1. The van der Waals surface area contributed by atoms with E-state index in [-0.39, 0.29) is 5.97 Å². The van der Waals surface area contributed by atoms with Crippen molar-refractivity contribution in [3.8, 4) is 11.1 Å². The molecule has 0 atom stereocenters. The number of benzene rings is 1. The number of fused-ring (bicyclic) bond motifs is 1. The molecule has 2 heterocycles. The first-order valence-corrected chi connectivity index (χ1v) is 11.9. The van der Waals surface area contributed by atoms with Crippen LogP contribution in [0.3, 0.4) is 0 Å². The molecule has 2 aromatic heterocycles. The van der Waals surface area contributed by atoms with Gasteiger partial charge in [-0.05, 0) is 89.5 Å². The first-order chi connectivity index (χ1) is 15.3. The summed E-state index contributed by atoms with van der Waals surface area (Å²) >= 11 is 0. The van der Waals surface area contributed by atoms with Gasteiger partial charge in [0.1, 0.15) is 0 Å². The Labute approximate surface area is 192 Å². The zero-order valence-corrected chi connectivity index (χ0v) is 20.8. The molecule has 0 N–H and O–H groups in total. The molecule has 0 fully saturated rings. The van der Waals surface area contributed by atoms with Crippen molar-refractivity contribution in [3.63, 3.8) is 0 Å². The molecule has 0 aliphatic heterocycles. The molecule has 1 aromatic carbocycles. The zero-order valence-electron chi connectivity index (χ0n) is 20.8. The van der Waals surface area contributed by atoms with Gasteiger partial charge >= 0.3 is 5.97 Å². The SMILES string of the molecule is CCCCc1c(CCCC(=O)OCC)c(C)nc2c(-c3c(C)cc(C)cc3C)c(C)nn12. The number of rotatable bonds is 9. The molecule has 32 heavy (non-hydrogen) atoms. The maximum atomic E-state index is 11.8. The topological polar surface area (TPSA) is 56.5 Å². The number of aryl methyl sites for hydroxylation is 6. The number of carbonyl (C=O) groups is 1. The van der Waals surface area contributed by atoms with Gasteiger partial charge in [-0.1, -0.05) is 31.0 Å². The summed E-state index contributed by atoms with van der Waals surface area (Å²) in [5, 5.41) is 4.98. The fourth-order valence-electron chi connectivity index (χ4n) is 4.81. The van der Waals surface area contributed by atoms with Crippen LogP contribution in [-0.4, -0.2) is 27.2 Å². The highest BCUT2D eigenvalue weighted by Gasteiger charge is 2.22. The lowest BCUT2D eigenvalue weighted by Gasteiger charge is -2.15. The monoisotopic (exact) mass is 435 g/mol. The fraction of sp³-hybridized carbons (Fsp3) is 0.519. The predicted molar refractivity (Wildman–Crippen MR) is 130 cm³/mol. The third kappa shape index (κ3) is 4.87. The minimum Gasteiger partial charge on any atom is -0.466 e. The fourth-order valence-corrected chi connectivity index (χ4v) is 4.81. The molecule has 0 unspecified atom stereocenters. The first-order valence-electron chi connectivity index (χ1n) is 11.9. The predicted octanol–water partition coefficient (Wildman–Crippen LogP) is 6.17. The standard InChI is InChI=1S/C27H37N3O2/c1-8-10-13-23-22(12-11-14-24(31)32-9-2)20(6)28-27-26(21(7)29-30(23)27)25-18(4)15-17(3)16-19(25)5/h15-16H,8-14H2,1-7H3. The maximum Gasteiger partial charge on any atom is 0.305 e. The van der Waals surface area contributed by atoms with Gasteiger partial charge in [0, 0.05) is 17.8 Å². The molecule has 0 saturated carbocycles. The van der Waals surface area contributed by atoms with E-state index in [4.69, 9.17) is 14.8 Å². The van der Waals surface area contributed by atoms with Crippen LogP contribution in [0.1, 0.15) is 78.9 Å². The van der Waals surface area contributed by atoms with E-state index in [1.807, 2.05) is 6.92 Å². The van der Waals surface area contributed by atoms with E-state index < -0.39 is 0 Å². The second-order valence-corrected chi connectivity index (χ2v) is 8.85. The van der Waals surface area contributed by atoms with Crippen LogP contribution in [0.2, 0.25) is 0 Å². The molecule has 0 amide bonds. The number of aromatic nitrogens is 3. The number of hydrogen-bond donors (Lipinski definition) is 0. The summed E-state index contributed by atoms with van der Waals surface area (Å²) < 4.78 is 7.18. The largest absolute Gasteiger partial charge is 0.466 e. The van der Waals surface area contributed by atoms with Crippen LogP contribution >= 0.6 is 0 Å². The lowest BCUT2D eigenvalue weighted by Crippen LogP contribution is -2.11. The highest BCUT2D eigenvalue weighted by atomic mass is 16.5. The Hall–Kier alpha value is -2.69. The van der Waals surface area contributed by atoms with E-state index in [1.54, 1.807) is 0 Å². The summed E-state index contributed by atoms with van der Waals surface area (Å²) in [5.74, 6) is -0.128. The van der Waals surface area contributed by atoms with Crippen molar-refractivity contribution in [1.29, 1.82) is 0 Å². The molecule has 0 aliphatic carbocycles. The van der Waals surface area contributed by atoms with Gasteiger partial charge in [0.2, 0.25) is 0 Å². The lowest BCUT2D eigenvalue weighted by molar-refractivity contribution is -0.143. The third-order valence-corrected chi connectivity index (χ3v) is 6.16. The first kappa shape index (κ1) is 24.0. The Morgan fingerprint density at radius 3 is 2.25 bits per heavy atom. The van der Waals surface area contributed by atoms with Gasteiger partial charge in [0.25, 0.3) is 0 Å². The lowest BCUT2D eigenvalue weighted by atomic mass is 9.93. The van der Waals surface area contributed by atoms with Crippen LogP contribution in [-0.2, 0) is 22.4 Å². The molecule has 0 saturated heterocycles. The molecule has 0 radical (unpaired) electrons. The van der Waals surface area contributed by atoms with Crippen LogP contribution in [0.15, 0.2) is 12.1 Å². The van der Waals surface area contributed by atoms with Gasteiger partial charge in [0.05, 0.1) is 17.9 Å². The van der Waals surface area contributed by atoms with Crippen molar-refractivity contribution < 1.29 is 9.53 Å². The molecule has 3 rings (SSSR count). The van der Waals surface area contributed by atoms with Gasteiger partial charge < -0.3 is 4.74 Å². The molecule has 0 bridgehead atoms. The summed E-state index contributed by atoms with van der Waals surface area (Å²) in [7, 11) is 0. The highest BCUT2D eigenvalue weighted by molar-refractivity contribution is 5.84. The number of carbonyl (C=O) groups excluding carboxylic acids is 1. The third-order valence-electron chi connectivity index (χ3n) is 6.16. The molecule has 172 valence electrons. The highest BCUT2D eigenvalue weighted by Crippen LogP contribution is 2.35. The van der Waals surface area contributed by atoms with E-state index >= 15 is 0 Å². The van der Waals surface area contributed by atoms with E-state index in [9.17, 15) is 4.79 Å². The average Bonchev–Trinajstić information content (AvgIpc) is 3.02. The van der Waals surface area contributed by atoms with E-state index in [0.717, 1.165) is 54.7 Å². The molecular formula is C27H37N3O2. The normalized spacial score (nSPS) is 11.3. The second kappa shape index (κ2) is 10.3. The Morgan fingerprint density at radius 1 is 0.938 bits per heavy atom. The minimum absolute atomic E-state index is 0.128. The van der Waals surface area contributed by atoms with Gasteiger partial charge in [-0.25, -0.2) is 9.50 Å². The molecular weight excluding hydrogens is 398 g/mol. The number of esters is 1. The van der Waals surface area contributed by atoms with E-state index in [0.29, 0.717) is 13.0 Å². The van der Waals surface area contributed by atoms with Crippen molar-refractivity contribution in [3.05, 3.63) is 51.5 Å². The summed E-state index contributed by atoms with van der Waals surface area (Å²) in [6, 6.07) is 4.47. The summed E-state index contributed by atoms with van der Waals surface area (Å²) in [6.07, 6.45) is 5.18. The molecule has 5 heteroatoms. The van der Waals surface area contributed by atoms with Crippen LogP contribution in [0.4, 0.5) is 0 Å². The van der Waals surface area contributed by atoms with Gasteiger partial charge in [0.15, 0.2) is 5.65 Å².